The van der Waals surface area contributed by atoms with Crippen LogP contribution in [0.1, 0.15) is 49.9 Å². The van der Waals surface area contributed by atoms with Crippen LogP contribution < -0.4 is 0 Å². The molecule has 24 heavy (non-hydrogen) atoms. The number of carbonyl (C=O) groups excluding carboxylic acids is 1. The average molecular weight is 331 g/mol. The van der Waals surface area contributed by atoms with Crippen molar-refractivity contribution in [3.8, 4) is 0 Å². The van der Waals surface area contributed by atoms with Crippen LogP contribution in [0.15, 0.2) is 16.9 Å². The van der Waals surface area contributed by atoms with Crippen molar-refractivity contribution in [1.82, 2.24) is 24.8 Å². The number of hydrogen-bond donors (Lipinski definition) is 0. The van der Waals surface area contributed by atoms with E-state index in [1.54, 1.807) is 0 Å². The number of aryl methyl sites for hydroxylation is 3. The third-order valence-corrected chi connectivity index (χ3v) is 4.39. The van der Waals surface area contributed by atoms with E-state index in [1.165, 1.54) is 0 Å². The molecule has 0 aromatic carbocycles. The minimum Gasteiger partial charge on any atom is -0.339 e. The zero-order valence-corrected chi connectivity index (χ0v) is 14.4. The molecule has 7 nitrogen and oxygen atoms in total. The lowest BCUT2D eigenvalue weighted by Crippen LogP contribution is -2.38. The van der Waals surface area contributed by atoms with Gasteiger partial charge in [-0.25, -0.2) is 0 Å². The van der Waals surface area contributed by atoms with Crippen LogP contribution in [-0.2, 0) is 24.2 Å². The molecule has 3 rings (SSSR count). The lowest BCUT2D eigenvalue weighted by Gasteiger charge is -2.24. The van der Waals surface area contributed by atoms with Crippen LogP contribution in [0.2, 0.25) is 0 Å². The molecule has 0 N–H and O–H groups in total. The molecule has 1 aliphatic rings. The predicted octanol–water partition coefficient (Wildman–Crippen LogP) is 2.15. The number of amides is 1. The maximum Gasteiger partial charge on any atom is 0.227 e. The van der Waals surface area contributed by atoms with E-state index in [2.05, 4.69) is 22.2 Å². The smallest absolute Gasteiger partial charge is 0.227 e. The van der Waals surface area contributed by atoms with Crippen LogP contribution >= 0.6 is 0 Å². The predicted molar refractivity (Wildman–Crippen MR) is 88.3 cm³/mol. The van der Waals surface area contributed by atoms with Crippen molar-refractivity contribution in [3.63, 3.8) is 0 Å². The van der Waals surface area contributed by atoms with E-state index in [9.17, 15) is 4.79 Å². The first kappa shape index (κ1) is 16.7. The zero-order valence-electron chi connectivity index (χ0n) is 14.4. The number of nitrogens with zero attached hydrogens (tertiary/aromatic N) is 5. The SMILES string of the molecule is CCCc1noc(CCC(=O)N2CCC[C@@H]2Cn2cc(C)cn2)n1. The van der Waals surface area contributed by atoms with Crippen molar-refractivity contribution in [3.05, 3.63) is 29.7 Å². The zero-order chi connectivity index (χ0) is 16.9. The van der Waals surface area contributed by atoms with Crippen molar-refractivity contribution in [2.24, 2.45) is 0 Å². The molecule has 0 unspecified atom stereocenters. The summed E-state index contributed by atoms with van der Waals surface area (Å²) in [6, 6.07) is 0.232. The summed E-state index contributed by atoms with van der Waals surface area (Å²) in [7, 11) is 0. The Bertz CT molecular complexity index is 678. The van der Waals surface area contributed by atoms with Gasteiger partial charge in [0.2, 0.25) is 11.8 Å². The first-order valence-corrected chi connectivity index (χ1v) is 8.75. The normalized spacial score (nSPS) is 17.6. The Morgan fingerprint density at radius 3 is 3.04 bits per heavy atom. The summed E-state index contributed by atoms with van der Waals surface area (Å²) in [4.78, 5) is 18.9. The minimum absolute atomic E-state index is 0.164. The molecule has 0 saturated carbocycles. The highest BCUT2D eigenvalue weighted by Crippen LogP contribution is 2.20. The van der Waals surface area contributed by atoms with E-state index in [0.29, 0.717) is 18.7 Å². The average Bonchev–Trinajstić information content (AvgIpc) is 3.28. The van der Waals surface area contributed by atoms with E-state index in [0.717, 1.165) is 50.2 Å². The van der Waals surface area contributed by atoms with Crippen LogP contribution in [0, 0.1) is 6.92 Å². The highest BCUT2D eigenvalue weighted by atomic mass is 16.5. The number of rotatable bonds is 7. The summed E-state index contributed by atoms with van der Waals surface area (Å²) in [5, 5.41) is 8.26. The van der Waals surface area contributed by atoms with Gasteiger partial charge in [0.25, 0.3) is 0 Å². The summed E-state index contributed by atoms with van der Waals surface area (Å²) in [6.07, 6.45) is 8.69. The highest BCUT2D eigenvalue weighted by Gasteiger charge is 2.29. The molecule has 7 heteroatoms. The first-order valence-electron chi connectivity index (χ1n) is 8.75. The van der Waals surface area contributed by atoms with Crippen molar-refractivity contribution in [1.29, 1.82) is 0 Å². The Morgan fingerprint density at radius 2 is 2.29 bits per heavy atom. The van der Waals surface area contributed by atoms with Crippen molar-refractivity contribution >= 4 is 5.91 Å². The molecule has 0 aliphatic carbocycles. The van der Waals surface area contributed by atoms with E-state index in [1.807, 2.05) is 28.9 Å². The molecule has 1 amide bonds. The molecule has 1 atom stereocenters. The van der Waals surface area contributed by atoms with E-state index in [4.69, 9.17) is 4.52 Å². The number of aromatic nitrogens is 4. The van der Waals surface area contributed by atoms with Gasteiger partial charge in [0.05, 0.1) is 18.8 Å². The van der Waals surface area contributed by atoms with Crippen LogP contribution in [0.5, 0.6) is 0 Å². The molecule has 3 heterocycles. The second-order valence-electron chi connectivity index (χ2n) is 6.48. The second kappa shape index (κ2) is 7.59. The summed E-state index contributed by atoms with van der Waals surface area (Å²) in [5.74, 6) is 1.45. The quantitative estimate of drug-likeness (QED) is 0.777. The molecule has 130 valence electrons. The van der Waals surface area contributed by atoms with Crippen LogP contribution in [0.25, 0.3) is 0 Å². The fourth-order valence-corrected chi connectivity index (χ4v) is 3.21. The summed E-state index contributed by atoms with van der Waals surface area (Å²) in [5.41, 5.74) is 1.14. The summed E-state index contributed by atoms with van der Waals surface area (Å²) < 4.78 is 7.14. The lowest BCUT2D eigenvalue weighted by atomic mass is 10.2. The molecular weight excluding hydrogens is 306 g/mol. The number of likely N-dealkylation sites (tertiary alicyclic amines) is 1. The highest BCUT2D eigenvalue weighted by molar-refractivity contribution is 5.77. The molecule has 2 aromatic heterocycles. The first-order chi connectivity index (χ1) is 11.7. The maximum absolute atomic E-state index is 12.6. The third kappa shape index (κ3) is 4.01. The monoisotopic (exact) mass is 331 g/mol. The van der Waals surface area contributed by atoms with Crippen molar-refractivity contribution < 1.29 is 9.32 Å². The van der Waals surface area contributed by atoms with Gasteiger partial charge in [0.15, 0.2) is 5.82 Å². The summed E-state index contributed by atoms with van der Waals surface area (Å²) in [6.45, 7) is 5.70. The molecule has 0 bridgehead atoms. The summed E-state index contributed by atoms with van der Waals surface area (Å²) >= 11 is 0. The van der Waals surface area contributed by atoms with Gasteiger partial charge >= 0.3 is 0 Å². The van der Waals surface area contributed by atoms with E-state index >= 15 is 0 Å². The van der Waals surface area contributed by atoms with Gasteiger partial charge in [0, 0.05) is 32.0 Å². The Hall–Kier alpha value is -2.18. The van der Waals surface area contributed by atoms with Crippen LogP contribution in [-0.4, -0.2) is 43.3 Å². The Morgan fingerprint density at radius 1 is 1.42 bits per heavy atom. The lowest BCUT2D eigenvalue weighted by molar-refractivity contribution is -0.132. The molecule has 1 aliphatic heterocycles. The van der Waals surface area contributed by atoms with Crippen molar-refractivity contribution in [2.75, 3.05) is 6.54 Å². The van der Waals surface area contributed by atoms with Gasteiger partial charge in [-0.3, -0.25) is 9.48 Å². The van der Waals surface area contributed by atoms with Gasteiger partial charge in [0.1, 0.15) is 0 Å². The standard InChI is InChI=1S/C17H25N5O2/c1-3-5-15-19-16(24-20-15)7-8-17(23)22-9-4-6-14(22)12-21-11-13(2)10-18-21/h10-11,14H,3-9,12H2,1-2H3/t14-/m1/s1. The third-order valence-electron chi connectivity index (χ3n) is 4.39. The van der Waals surface area contributed by atoms with Crippen molar-refractivity contribution in [2.45, 2.75) is 65.0 Å². The molecule has 1 fully saturated rings. The molecule has 2 aromatic rings. The topological polar surface area (TPSA) is 77.0 Å². The van der Waals surface area contributed by atoms with Gasteiger partial charge in [-0.1, -0.05) is 12.1 Å². The van der Waals surface area contributed by atoms with E-state index < -0.39 is 0 Å². The number of carbonyl (C=O) groups is 1. The minimum atomic E-state index is 0.164. The van der Waals surface area contributed by atoms with Crippen LogP contribution in [0.3, 0.4) is 0 Å². The van der Waals surface area contributed by atoms with E-state index in [-0.39, 0.29) is 11.9 Å². The fourth-order valence-electron chi connectivity index (χ4n) is 3.21. The van der Waals surface area contributed by atoms with Gasteiger partial charge in [-0.15, -0.1) is 0 Å². The Kier molecular flexibility index (Phi) is 5.27. The maximum atomic E-state index is 12.6. The molecule has 0 spiro atoms. The number of hydrogen-bond acceptors (Lipinski definition) is 5. The van der Waals surface area contributed by atoms with Gasteiger partial charge < -0.3 is 9.42 Å². The fraction of sp³-hybridized carbons (Fsp3) is 0.647. The van der Waals surface area contributed by atoms with Gasteiger partial charge in [-0.05, 0) is 31.7 Å². The second-order valence-corrected chi connectivity index (χ2v) is 6.48. The van der Waals surface area contributed by atoms with Crippen LogP contribution in [0.4, 0.5) is 0 Å². The molecule has 1 saturated heterocycles. The molecular formula is C17H25N5O2. The Labute approximate surface area is 142 Å². The van der Waals surface area contributed by atoms with Gasteiger partial charge in [-0.2, -0.15) is 10.1 Å². The molecule has 0 radical (unpaired) electrons. The Balaban J connectivity index is 1.53. The largest absolute Gasteiger partial charge is 0.339 e.